The van der Waals surface area contributed by atoms with Gasteiger partial charge in [-0.1, -0.05) is 13.8 Å². The Hall–Kier alpha value is -2.24. The number of nitrogens with zero attached hydrogens (tertiary/aromatic N) is 1. The van der Waals surface area contributed by atoms with E-state index in [9.17, 15) is 9.59 Å². The lowest BCUT2D eigenvalue weighted by Gasteiger charge is -2.29. The van der Waals surface area contributed by atoms with E-state index in [1.165, 1.54) is 0 Å². The molecule has 6 nitrogen and oxygen atoms in total. The Morgan fingerprint density at radius 1 is 1.38 bits per heavy atom. The smallest absolute Gasteiger partial charge is 0.319 e. The van der Waals surface area contributed by atoms with Gasteiger partial charge in [0.1, 0.15) is 12.4 Å². The third-order valence-electron chi connectivity index (χ3n) is 3.81. The number of anilines is 2. The zero-order chi connectivity index (χ0) is 17.9. The first-order chi connectivity index (χ1) is 11.2. The van der Waals surface area contributed by atoms with E-state index in [1.807, 2.05) is 20.8 Å². The van der Waals surface area contributed by atoms with Gasteiger partial charge in [0.2, 0.25) is 5.91 Å². The molecule has 0 atom stereocenters. The molecule has 0 fully saturated rings. The van der Waals surface area contributed by atoms with E-state index in [2.05, 4.69) is 24.5 Å². The van der Waals surface area contributed by atoms with Gasteiger partial charge in [0.25, 0.3) is 0 Å². The summed E-state index contributed by atoms with van der Waals surface area (Å²) in [5.74, 6) is 1.01. The van der Waals surface area contributed by atoms with E-state index in [1.54, 1.807) is 23.1 Å². The van der Waals surface area contributed by atoms with Gasteiger partial charge in [-0.05, 0) is 44.9 Å². The first-order valence-electron chi connectivity index (χ1n) is 8.38. The largest absolute Gasteiger partial charge is 0.490 e. The van der Waals surface area contributed by atoms with Crippen molar-refractivity contribution in [2.75, 3.05) is 29.9 Å². The molecule has 1 aromatic carbocycles. The SMILES string of the molecule is CCNC(=O)Nc1ccc2c(c1)N(CC(C)C)C(=O)C(C)(C)CO2. The minimum Gasteiger partial charge on any atom is -0.490 e. The molecule has 1 aliphatic rings. The van der Waals surface area contributed by atoms with Crippen molar-refractivity contribution in [3.05, 3.63) is 18.2 Å². The highest BCUT2D eigenvalue weighted by Gasteiger charge is 2.38. The summed E-state index contributed by atoms with van der Waals surface area (Å²) in [5, 5.41) is 5.47. The van der Waals surface area contributed by atoms with Crippen LogP contribution < -0.4 is 20.3 Å². The molecule has 6 heteroatoms. The second-order valence-electron chi connectivity index (χ2n) is 7.15. The highest BCUT2D eigenvalue weighted by atomic mass is 16.5. The number of rotatable bonds is 4. The van der Waals surface area contributed by atoms with Gasteiger partial charge in [0, 0.05) is 18.8 Å². The Morgan fingerprint density at radius 2 is 2.08 bits per heavy atom. The fourth-order valence-electron chi connectivity index (χ4n) is 2.61. The molecule has 0 spiro atoms. The van der Waals surface area contributed by atoms with Gasteiger partial charge in [-0.25, -0.2) is 4.79 Å². The van der Waals surface area contributed by atoms with Crippen molar-refractivity contribution in [2.24, 2.45) is 11.3 Å². The predicted octanol–water partition coefficient (Wildman–Crippen LogP) is 3.24. The molecule has 0 saturated heterocycles. The Labute approximate surface area is 143 Å². The van der Waals surface area contributed by atoms with Crippen LogP contribution in [0.3, 0.4) is 0 Å². The molecule has 2 N–H and O–H groups in total. The molecule has 0 aliphatic carbocycles. The summed E-state index contributed by atoms with van der Waals surface area (Å²) in [6.07, 6.45) is 0. The number of carbonyl (C=O) groups is 2. The average molecular weight is 333 g/mol. The van der Waals surface area contributed by atoms with Crippen molar-refractivity contribution in [1.82, 2.24) is 5.32 Å². The average Bonchev–Trinajstić information content (AvgIpc) is 2.58. The molecule has 1 aliphatic heterocycles. The van der Waals surface area contributed by atoms with Crippen molar-refractivity contribution in [3.8, 4) is 5.75 Å². The van der Waals surface area contributed by atoms with Gasteiger partial charge >= 0.3 is 6.03 Å². The molecule has 0 radical (unpaired) electrons. The molecule has 1 heterocycles. The lowest BCUT2D eigenvalue weighted by atomic mass is 9.92. The standard InChI is InChI=1S/C18H27N3O3/c1-6-19-17(23)20-13-7-8-15-14(9-13)21(10-12(2)3)16(22)18(4,5)11-24-15/h7-9,12H,6,10-11H2,1-5H3,(H2,19,20,23). The zero-order valence-corrected chi connectivity index (χ0v) is 15.1. The zero-order valence-electron chi connectivity index (χ0n) is 15.1. The van der Waals surface area contributed by atoms with Crippen LogP contribution in [0, 0.1) is 11.3 Å². The minimum atomic E-state index is -0.596. The molecule has 0 bridgehead atoms. The Bertz CT molecular complexity index is 626. The van der Waals surface area contributed by atoms with Gasteiger partial charge in [0.15, 0.2) is 0 Å². The molecule has 0 aromatic heterocycles. The van der Waals surface area contributed by atoms with Crippen molar-refractivity contribution >= 4 is 23.3 Å². The Kier molecular flexibility index (Phi) is 5.36. The second-order valence-corrected chi connectivity index (χ2v) is 7.15. The Morgan fingerprint density at radius 3 is 2.71 bits per heavy atom. The molecule has 1 aromatic rings. The first kappa shape index (κ1) is 18.1. The van der Waals surface area contributed by atoms with Crippen LogP contribution in [-0.2, 0) is 4.79 Å². The normalized spacial score (nSPS) is 16.2. The maximum atomic E-state index is 12.9. The van der Waals surface area contributed by atoms with Crippen LogP contribution in [0.2, 0.25) is 0 Å². The monoisotopic (exact) mass is 333 g/mol. The van der Waals surface area contributed by atoms with Gasteiger partial charge < -0.3 is 20.3 Å². The third kappa shape index (κ3) is 3.99. The van der Waals surface area contributed by atoms with Gasteiger partial charge in [-0.2, -0.15) is 0 Å². The van der Waals surface area contributed by atoms with Gasteiger partial charge in [0.05, 0.1) is 11.1 Å². The van der Waals surface area contributed by atoms with E-state index in [-0.39, 0.29) is 11.9 Å². The number of hydrogen-bond acceptors (Lipinski definition) is 3. The number of fused-ring (bicyclic) bond motifs is 1. The molecule has 0 saturated carbocycles. The number of carbonyl (C=O) groups excluding carboxylic acids is 2. The van der Waals surface area contributed by atoms with E-state index >= 15 is 0 Å². The lowest BCUT2D eigenvalue weighted by molar-refractivity contribution is -0.127. The van der Waals surface area contributed by atoms with Gasteiger partial charge in [-0.3, -0.25) is 4.79 Å². The number of urea groups is 1. The van der Waals surface area contributed by atoms with Crippen molar-refractivity contribution in [1.29, 1.82) is 0 Å². The maximum Gasteiger partial charge on any atom is 0.319 e. The number of benzene rings is 1. The first-order valence-corrected chi connectivity index (χ1v) is 8.38. The van der Waals surface area contributed by atoms with Crippen LogP contribution in [0.25, 0.3) is 0 Å². The summed E-state index contributed by atoms with van der Waals surface area (Å²) in [6, 6.07) is 5.12. The van der Waals surface area contributed by atoms with Gasteiger partial charge in [-0.15, -0.1) is 0 Å². The highest BCUT2D eigenvalue weighted by molar-refractivity contribution is 6.00. The van der Waals surface area contributed by atoms with E-state index < -0.39 is 5.41 Å². The van der Waals surface area contributed by atoms with Crippen LogP contribution >= 0.6 is 0 Å². The summed E-state index contributed by atoms with van der Waals surface area (Å²) < 4.78 is 5.86. The van der Waals surface area contributed by atoms with Crippen LogP contribution in [0.1, 0.15) is 34.6 Å². The summed E-state index contributed by atoms with van der Waals surface area (Å²) in [5.41, 5.74) is 0.735. The number of hydrogen-bond donors (Lipinski definition) is 2. The maximum absolute atomic E-state index is 12.9. The fraction of sp³-hybridized carbons (Fsp3) is 0.556. The predicted molar refractivity (Wildman–Crippen MR) is 95.6 cm³/mol. The van der Waals surface area contributed by atoms with Crippen molar-refractivity contribution < 1.29 is 14.3 Å². The number of nitrogens with one attached hydrogen (secondary N) is 2. The van der Waals surface area contributed by atoms with E-state index in [0.29, 0.717) is 42.7 Å². The van der Waals surface area contributed by atoms with Crippen LogP contribution in [0.15, 0.2) is 18.2 Å². The highest BCUT2D eigenvalue weighted by Crippen LogP contribution is 2.38. The molecular weight excluding hydrogens is 306 g/mol. The third-order valence-corrected chi connectivity index (χ3v) is 3.81. The number of ether oxygens (including phenoxy) is 1. The molecular formula is C18H27N3O3. The van der Waals surface area contributed by atoms with Crippen molar-refractivity contribution in [2.45, 2.75) is 34.6 Å². The summed E-state index contributed by atoms with van der Waals surface area (Å²) in [4.78, 5) is 26.5. The van der Waals surface area contributed by atoms with Crippen LogP contribution in [-0.4, -0.2) is 31.6 Å². The lowest BCUT2D eigenvalue weighted by Crippen LogP contribution is -2.43. The molecule has 2 rings (SSSR count). The van der Waals surface area contributed by atoms with Crippen molar-refractivity contribution in [3.63, 3.8) is 0 Å². The quantitative estimate of drug-likeness (QED) is 0.888. The molecule has 3 amide bonds. The minimum absolute atomic E-state index is 0.0325. The van der Waals surface area contributed by atoms with Crippen LogP contribution in [0.4, 0.5) is 16.2 Å². The fourth-order valence-corrected chi connectivity index (χ4v) is 2.61. The Balaban J connectivity index is 2.39. The second kappa shape index (κ2) is 7.11. The summed E-state index contributed by atoms with van der Waals surface area (Å²) >= 11 is 0. The molecule has 0 unspecified atom stereocenters. The topological polar surface area (TPSA) is 70.7 Å². The number of amides is 3. The molecule has 132 valence electrons. The molecule has 24 heavy (non-hydrogen) atoms. The summed E-state index contributed by atoms with van der Waals surface area (Å²) in [6.45, 7) is 11.3. The summed E-state index contributed by atoms with van der Waals surface area (Å²) in [7, 11) is 0. The van der Waals surface area contributed by atoms with E-state index in [0.717, 1.165) is 0 Å². The van der Waals surface area contributed by atoms with E-state index in [4.69, 9.17) is 4.74 Å². The van der Waals surface area contributed by atoms with Crippen LogP contribution in [0.5, 0.6) is 5.75 Å².